The molecule has 0 unspecified atom stereocenters. The third-order valence-corrected chi connectivity index (χ3v) is 7.49. The van der Waals surface area contributed by atoms with Crippen molar-refractivity contribution >= 4 is 34.1 Å². The Hall–Kier alpha value is -4.73. The van der Waals surface area contributed by atoms with E-state index in [-0.39, 0.29) is 6.09 Å². The summed E-state index contributed by atoms with van der Waals surface area (Å²) in [5.74, 6) is 3.18. The van der Waals surface area contributed by atoms with Crippen LogP contribution in [-0.2, 0) is 11.3 Å². The maximum absolute atomic E-state index is 12.4. The SMILES string of the molecule is COc1ccc(CNc2nccc3c(Nc4ccnc(OCC5CCN(C(=O)OC(C)(C)C)CC5)c4)cccc23)c(OC)c1. The minimum atomic E-state index is -0.490. The van der Waals surface area contributed by atoms with E-state index in [1.807, 2.05) is 69.3 Å². The Morgan fingerprint density at radius 2 is 1.75 bits per heavy atom. The molecule has 232 valence electrons. The minimum Gasteiger partial charge on any atom is -0.497 e. The number of benzene rings is 2. The van der Waals surface area contributed by atoms with Crippen LogP contribution in [0.1, 0.15) is 39.2 Å². The number of hydrogen-bond donors (Lipinski definition) is 2. The fourth-order valence-electron chi connectivity index (χ4n) is 5.17. The van der Waals surface area contributed by atoms with Gasteiger partial charge in [-0.1, -0.05) is 12.1 Å². The highest BCUT2D eigenvalue weighted by Gasteiger charge is 2.27. The van der Waals surface area contributed by atoms with Crippen LogP contribution in [0.25, 0.3) is 10.8 Å². The quantitative estimate of drug-likeness (QED) is 0.199. The second-order valence-corrected chi connectivity index (χ2v) is 11.8. The van der Waals surface area contributed by atoms with Gasteiger partial charge in [-0.05, 0) is 69.9 Å². The zero-order valence-corrected chi connectivity index (χ0v) is 26.1. The van der Waals surface area contributed by atoms with Crippen molar-refractivity contribution in [2.45, 2.75) is 45.8 Å². The van der Waals surface area contributed by atoms with Crippen molar-refractivity contribution < 1.29 is 23.7 Å². The number of ether oxygens (including phenoxy) is 4. The van der Waals surface area contributed by atoms with E-state index >= 15 is 0 Å². The van der Waals surface area contributed by atoms with Crippen LogP contribution in [0.5, 0.6) is 17.4 Å². The first-order valence-electron chi connectivity index (χ1n) is 14.9. The van der Waals surface area contributed by atoms with Crippen LogP contribution in [0.15, 0.2) is 67.0 Å². The Bertz CT molecular complexity index is 1580. The Morgan fingerprint density at radius 1 is 0.955 bits per heavy atom. The first-order valence-corrected chi connectivity index (χ1v) is 14.9. The summed E-state index contributed by atoms with van der Waals surface area (Å²) in [5, 5.41) is 9.02. The van der Waals surface area contributed by atoms with Crippen molar-refractivity contribution in [1.82, 2.24) is 14.9 Å². The molecule has 0 saturated carbocycles. The predicted octanol–water partition coefficient (Wildman–Crippen LogP) is 7.03. The summed E-state index contributed by atoms with van der Waals surface area (Å²) >= 11 is 0. The third-order valence-electron chi connectivity index (χ3n) is 7.49. The van der Waals surface area contributed by atoms with E-state index in [4.69, 9.17) is 18.9 Å². The van der Waals surface area contributed by atoms with Crippen LogP contribution in [-0.4, -0.2) is 60.5 Å². The van der Waals surface area contributed by atoms with Crippen molar-refractivity contribution in [2.75, 3.05) is 44.5 Å². The fraction of sp³-hybridized carbons (Fsp3) is 0.382. The Morgan fingerprint density at radius 3 is 2.50 bits per heavy atom. The number of anilines is 3. The van der Waals surface area contributed by atoms with E-state index in [0.717, 1.165) is 57.9 Å². The van der Waals surface area contributed by atoms with Crippen LogP contribution in [0.3, 0.4) is 0 Å². The second-order valence-electron chi connectivity index (χ2n) is 11.8. The predicted molar refractivity (Wildman–Crippen MR) is 172 cm³/mol. The highest BCUT2D eigenvalue weighted by Crippen LogP contribution is 2.32. The summed E-state index contributed by atoms with van der Waals surface area (Å²) < 4.78 is 22.5. The van der Waals surface area contributed by atoms with Gasteiger partial charge in [0.15, 0.2) is 0 Å². The van der Waals surface area contributed by atoms with Gasteiger partial charge in [0.25, 0.3) is 0 Å². The van der Waals surface area contributed by atoms with Crippen LogP contribution in [0.2, 0.25) is 0 Å². The topological polar surface area (TPSA) is 107 Å². The van der Waals surface area contributed by atoms with Gasteiger partial charge in [0, 0.05) is 71.9 Å². The van der Waals surface area contributed by atoms with E-state index in [9.17, 15) is 4.79 Å². The summed E-state index contributed by atoms with van der Waals surface area (Å²) in [6.45, 7) is 8.08. The van der Waals surface area contributed by atoms with Gasteiger partial charge >= 0.3 is 6.09 Å². The molecule has 2 aromatic heterocycles. The first kappa shape index (κ1) is 30.7. The molecule has 0 aliphatic carbocycles. The number of pyridine rings is 2. The van der Waals surface area contributed by atoms with E-state index in [2.05, 4.69) is 26.7 Å². The van der Waals surface area contributed by atoms with Gasteiger partial charge in [-0.25, -0.2) is 14.8 Å². The standard InChI is InChI=1S/C34H41N5O5/c1-34(2,3)44-33(40)39-17-13-23(14-18-39)22-43-31-19-25(11-15-35-31)38-29-8-6-7-28-27(29)12-16-36-32(28)37-21-24-9-10-26(41-4)20-30(24)42-5/h6-12,15-16,19-20,23H,13-14,17-18,21-22H2,1-5H3,(H,35,38)(H,36,37). The molecule has 1 saturated heterocycles. The van der Waals surface area contributed by atoms with E-state index in [1.165, 1.54) is 0 Å². The number of nitrogens with one attached hydrogen (secondary N) is 2. The molecule has 10 heteroatoms. The molecule has 4 aromatic rings. The number of rotatable bonds is 10. The Kier molecular flexibility index (Phi) is 9.57. The monoisotopic (exact) mass is 599 g/mol. The molecule has 5 rings (SSSR count). The van der Waals surface area contributed by atoms with Crippen molar-refractivity contribution in [3.05, 3.63) is 72.6 Å². The lowest BCUT2D eigenvalue weighted by molar-refractivity contribution is 0.0164. The molecule has 44 heavy (non-hydrogen) atoms. The number of aromatic nitrogens is 2. The molecule has 1 amide bonds. The van der Waals surface area contributed by atoms with Crippen molar-refractivity contribution in [1.29, 1.82) is 0 Å². The third kappa shape index (κ3) is 7.80. The number of piperidine rings is 1. The van der Waals surface area contributed by atoms with Gasteiger partial charge in [-0.2, -0.15) is 0 Å². The van der Waals surface area contributed by atoms with Crippen molar-refractivity contribution in [3.8, 4) is 17.4 Å². The summed E-state index contributed by atoms with van der Waals surface area (Å²) in [6, 6.07) is 17.7. The molecular weight excluding hydrogens is 558 g/mol. The average molecular weight is 600 g/mol. The molecular formula is C34H41N5O5. The van der Waals surface area contributed by atoms with Gasteiger partial charge in [-0.15, -0.1) is 0 Å². The molecule has 2 aromatic carbocycles. The number of likely N-dealkylation sites (tertiary alicyclic amines) is 1. The number of carbonyl (C=O) groups is 1. The van der Waals surface area contributed by atoms with E-state index in [1.54, 1.807) is 31.5 Å². The maximum atomic E-state index is 12.4. The highest BCUT2D eigenvalue weighted by molar-refractivity contribution is 6.00. The molecule has 1 aliphatic heterocycles. The van der Waals surface area contributed by atoms with Crippen molar-refractivity contribution in [3.63, 3.8) is 0 Å². The van der Waals surface area contributed by atoms with Crippen LogP contribution >= 0.6 is 0 Å². The Balaban J connectivity index is 1.20. The zero-order chi connectivity index (χ0) is 31.1. The summed E-state index contributed by atoms with van der Waals surface area (Å²) in [5.41, 5.74) is 2.33. The highest BCUT2D eigenvalue weighted by atomic mass is 16.6. The number of amides is 1. The molecule has 0 bridgehead atoms. The molecule has 0 atom stereocenters. The lowest BCUT2D eigenvalue weighted by atomic mass is 9.98. The summed E-state index contributed by atoms with van der Waals surface area (Å²) in [7, 11) is 3.29. The van der Waals surface area contributed by atoms with Gasteiger partial charge in [0.05, 0.1) is 20.8 Å². The number of fused-ring (bicyclic) bond motifs is 1. The molecule has 10 nitrogen and oxygen atoms in total. The second kappa shape index (κ2) is 13.7. The number of carbonyl (C=O) groups excluding carboxylic acids is 1. The Labute approximate surface area is 258 Å². The number of hydrogen-bond acceptors (Lipinski definition) is 9. The first-order chi connectivity index (χ1) is 21.2. The largest absolute Gasteiger partial charge is 0.497 e. The van der Waals surface area contributed by atoms with Crippen molar-refractivity contribution in [2.24, 2.45) is 5.92 Å². The maximum Gasteiger partial charge on any atom is 0.410 e. The fourth-order valence-corrected chi connectivity index (χ4v) is 5.17. The normalized spacial score (nSPS) is 13.8. The molecule has 1 aliphatic rings. The van der Waals surface area contributed by atoms with Crippen LogP contribution in [0.4, 0.5) is 22.0 Å². The number of nitrogens with zero attached hydrogens (tertiary/aromatic N) is 3. The van der Waals surface area contributed by atoms with Gasteiger partial charge in [0.2, 0.25) is 5.88 Å². The lowest BCUT2D eigenvalue weighted by Crippen LogP contribution is -2.42. The molecule has 1 fully saturated rings. The molecule has 0 radical (unpaired) electrons. The van der Waals surface area contributed by atoms with Gasteiger partial charge in [-0.3, -0.25) is 0 Å². The van der Waals surface area contributed by atoms with Gasteiger partial charge in [0.1, 0.15) is 22.9 Å². The molecule has 2 N–H and O–H groups in total. The van der Waals surface area contributed by atoms with Crippen LogP contribution < -0.4 is 24.8 Å². The smallest absolute Gasteiger partial charge is 0.410 e. The molecule has 0 spiro atoms. The average Bonchev–Trinajstić information content (AvgIpc) is 3.02. The lowest BCUT2D eigenvalue weighted by Gasteiger charge is -2.33. The van der Waals surface area contributed by atoms with Crippen LogP contribution in [0, 0.1) is 5.92 Å². The summed E-state index contributed by atoms with van der Waals surface area (Å²) in [4.78, 5) is 23.2. The van der Waals surface area contributed by atoms with E-state index in [0.29, 0.717) is 38.0 Å². The minimum absolute atomic E-state index is 0.248. The van der Waals surface area contributed by atoms with E-state index < -0.39 is 5.60 Å². The molecule has 3 heterocycles. The van der Waals surface area contributed by atoms with Gasteiger partial charge < -0.3 is 34.5 Å². The number of methoxy groups -OCH3 is 2. The zero-order valence-electron chi connectivity index (χ0n) is 26.1. The summed E-state index contributed by atoms with van der Waals surface area (Å²) in [6.07, 6.45) is 5.02.